The molecule has 3 amide bonds. The Labute approximate surface area is 134 Å². The number of benzene rings is 1. The van der Waals surface area contributed by atoms with Crippen LogP contribution in [-0.2, 0) is 9.59 Å². The molecule has 0 aliphatic carbocycles. The van der Waals surface area contributed by atoms with Crippen molar-refractivity contribution in [1.29, 1.82) is 0 Å². The predicted octanol–water partition coefficient (Wildman–Crippen LogP) is 1.82. The average molecular weight is 407 g/mol. The van der Waals surface area contributed by atoms with Gasteiger partial charge in [-0.1, -0.05) is 11.6 Å². The molecule has 0 bridgehead atoms. The minimum atomic E-state index is -1.09. The van der Waals surface area contributed by atoms with Gasteiger partial charge in [-0.3, -0.25) is 19.7 Å². The molecule has 0 saturated carbocycles. The third-order valence-electron chi connectivity index (χ3n) is 3.19. The molecular formula is C13H12ClIN2O3. The minimum Gasteiger partial charge on any atom is -0.315 e. The molecule has 7 heteroatoms. The maximum atomic E-state index is 12.6. The maximum absolute atomic E-state index is 12.6. The highest BCUT2D eigenvalue weighted by atomic mass is 127. The Bertz CT molecular complexity index is 616. The Kier molecular flexibility index (Phi) is 4.06. The topological polar surface area (TPSA) is 66.5 Å². The van der Waals surface area contributed by atoms with Gasteiger partial charge in [0.25, 0.3) is 11.8 Å². The van der Waals surface area contributed by atoms with E-state index in [9.17, 15) is 14.4 Å². The van der Waals surface area contributed by atoms with Crippen molar-refractivity contribution in [1.82, 2.24) is 10.2 Å². The van der Waals surface area contributed by atoms with Crippen LogP contribution < -0.4 is 5.32 Å². The second kappa shape index (κ2) is 5.33. The van der Waals surface area contributed by atoms with Gasteiger partial charge >= 0.3 is 0 Å². The van der Waals surface area contributed by atoms with Crippen LogP contribution in [0.2, 0.25) is 5.02 Å². The summed E-state index contributed by atoms with van der Waals surface area (Å²) in [7, 11) is 0. The number of carbonyl (C=O) groups is 3. The molecule has 1 fully saturated rings. The van der Waals surface area contributed by atoms with E-state index in [-0.39, 0.29) is 12.5 Å². The van der Waals surface area contributed by atoms with Gasteiger partial charge in [0.1, 0.15) is 12.1 Å². The summed E-state index contributed by atoms with van der Waals surface area (Å²) in [6.07, 6.45) is 0. The zero-order valence-electron chi connectivity index (χ0n) is 10.9. The first kappa shape index (κ1) is 15.2. The zero-order chi connectivity index (χ0) is 15.1. The van der Waals surface area contributed by atoms with Crippen LogP contribution in [-0.4, -0.2) is 34.7 Å². The molecule has 1 aliphatic rings. The highest BCUT2D eigenvalue weighted by molar-refractivity contribution is 14.1. The lowest BCUT2D eigenvalue weighted by Gasteiger charge is -2.40. The van der Waals surface area contributed by atoms with Gasteiger partial charge in [-0.15, -0.1) is 0 Å². The van der Waals surface area contributed by atoms with Crippen molar-refractivity contribution in [2.24, 2.45) is 0 Å². The second-order valence-corrected chi connectivity index (χ2v) is 6.55. The summed E-state index contributed by atoms with van der Waals surface area (Å²) in [5.41, 5.74) is -0.704. The van der Waals surface area contributed by atoms with Crippen molar-refractivity contribution < 1.29 is 14.4 Å². The van der Waals surface area contributed by atoms with Gasteiger partial charge in [0.15, 0.2) is 0 Å². The van der Waals surface area contributed by atoms with E-state index in [1.165, 1.54) is 4.90 Å². The van der Waals surface area contributed by atoms with Gasteiger partial charge in [-0.05, 0) is 54.6 Å². The van der Waals surface area contributed by atoms with Crippen LogP contribution >= 0.6 is 34.2 Å². The highest BCUT2D eigenvalue weighted by Crippen LogP contribution is 2.25. The van der Waals surface area contributed by atoms with Crippen molar-refractivity contribution in [3.05, 3.63) is 32.4 Å². The number of hydrogen-bond acceptors (Lipinski definition) is 3. The first-order valence-electron chi connectivity index (χ1n) is 5.85. The van der Waals surface area contributed by atoms with Crippen molar-refractivity contribution in [3.8, 4) is 0 Å². The molecule has 1 aromatic rings. The summed E-state index contributed by atoms with van der Waals surface area (Å²) in [5, 5.41) is 2.66. The molecule has 2 rings (SSSR count). The van der Waals surface area contributed by atoms with Gasteiger partial charge in [0, 0.05) is 8.59 Å². The number of hydrogen-bond donors (Lipinski definition) is 1. The van der Waals surface area contributed by atoms with Crippen molar-refractivity contribution in [2.45, 2.75) is 19.4 Å². The molecule has 0 spiro atoms. The third-order valence-corrected chi connectivity index (χ3v) is 4.36. The van der Waals surface area contributed by atoms with Crippen LogP contribution in [0, 0.1) is 3.57 Å². The van der Waals surface area contributed by atoms with Gasteiger partial charge in [0.2, 0.25) is 5.91 Å². The Morgan fingerprint density at radius 1 is 1.40 bits per heavy atom. The SMILES string of the molecule is CC1(C)C(=O)NC(=O)CN1C(=O)c1cc(Cl)ccc1I. The molecular weight excluding hydrogens is 395 g/mol. The summed E-state index contributed by atoms with van der Waals surface area (Å²) in [5.74, 6) is -1.36. The van der Waals surface area contributed by atoms with Crippen LogP contribution in [0.5, 0.6) is 0 Å². The third kappa shape index (κ3) is 2.67. The first-order valence-corrected chi connectivity index (χ1v) is 7.30. The van der Waals surface area contributed by atoms with Gasteiger partial charge in [-0.2, -0.15) is 0 Å². The van der Waals surface area contributed by atoms with E-state index in [1.807, 2.05) is 22.6 Å². The van der Waals surface area contributed by atoms with E-state index >= 15 is 0 Å². The summed E-state index contributed by atoms with van der Waals surface area (Å²) in [6.45, 7) is 3.05. The van der Waals surface area contributed by atoms with Crippen LogP contribution in [0.15, 0.2) is 18.2 Å². The van der Waals surface area contributed by atoms with Crippen LogP contribution in [0.4, 0.5) is 0 Å². The first-order chi connectivity index (χ1) is 9.23. The molecule has 0 atom stereocenters. The Morgan fingerprint density at radius 3 is 2.70 bits per heavy atom. The number of nitrogens with one attached hydrogen (secondary N) is 1. The maximum Gasteiger partial charge on any atom is 0.256 e. The molecule has 0 radical (unpaired) electrons. The second-order valence-electron chi connectivity index (χ2n) is 4.95. The Morgan fingerprint density at radius 2 is 2.05 bits per heavy atom. The highest BCUT2D eigenvalue weighted by Gasteiger charge is 2.44. The van der Waals surface area contributed by atoms with Gasteiger partial charge < -0.3 is 4.90 Å². The molecule has 1 saturated heterocycles. The lowest BCUT2D eigenvalue weighted by molar-refractivity contribution is -0.143. The zero-order valence-corrected chi connectivity index (χ0v) is 13.8. The quantitative estimate of drug-likeness (QED) is 0.571. The molecule has 1 aliphatic heterocycles. The van der Waals surface area contributed by atoms with Crippen LogP contribution in [0.25, 0.3) is 0 Å². The molecule has 1 aromatic carbocycles. The smallest absolute Gasteiger partial charge is 0.256 e. The number of nitrogens with zero attached hydrogens (tertiary/aromatic N) is 1. The van der Waals surface area contributed by atoms with Crippen molar-refractivity contribution >= 4 is 51.9 Å². The summed E-state index contributed by atoms with van der Waals surface area (Å²) < 4.78 is 0.714. The van der Waals surface area contributed by atoms with Crippen molar-refractivity contribution in [2.75, 3.05) is 6.54 Å². The van der Waals surface area contributed by atoms with E-state index in [4.69, 9.17) is 11.6 Å². The summed E-state index contributed by atoms with van der Waals surface area (Å²) in [4.78, 5) is 37.3. The normalized spacial score (nSPS) is 17.9. The fourth-order valence-electron chi connectivity index (χ4n) is 1.92. The average Bonchev–Trinajstić information content (AvgIpc) is 2.36. The summed E-state index contributed by atoms with van der Waals surface area (Å²) >= 11 is 7.93. The Balaban J connectivity index is 2.43. The fraction of sp³-hybridized carbons (Fsp3) is 0.308. The fourth-order valence-corrected chi connectivity index (χ4v) is 2.65. The molecule has 1 heterocycles. The number of amides is 3. The van der Waals surface area contributed by atoms with Gasteiger partial charge in [-0.25, -0.2) is 0 Å². The van der Waals surface area contributed by atoms with Crippen LogP contribution in [0.1, 0.15) is 24.2 Å². The predicted molar refractivity (Wildman–Crippen MR) is 82.4 cm³/mol. The van der Waals surface area contributed by atoms with E-state index in [0.29, 0.717) is 14.2 Å². The van der Waals surface area contributed by atoms with Gasteiger partial charge in [0.05, 0.1) is 5.56 Å². The summed E-state index contributed by atoms with van der Waals surface area (Å²) in [6, 6.07) is 4.94. The van der Waals surface area contributed by atoms with E-state index in [0.717, 1.165) is 0 Å². The van der Waals surface area contributed by atoms with E-state index < -0.39 is 17.4 Å². The molecule has 1 N–H and O–H groups in total. The Hall–Kier alpha value is -1.15. The molecule has 5 nitrogen and oxygen atoms in total. The standard InChI is InChI=1S/C13H12ClIN2O3/c1-13(2)12(20)16-10(18)6-17(13)11(19)8-5-7(14)3-4-9(8)15/h3-5H,6H2,1-2H3,(H,16,18,20). The number of halogens is 2. The lowest BCUT2D eigenvalue weighted by atomic mass is 9.97. The number of piperazine rings is 1. The van der Waals surface area contributed by atoms with Crippen LogP contribution in [0.3, 0.4) is 0 Å². The molecule has 0 aromatic heterocycles. The monoisotopic (exact) mass is 406 g/mol. The molecule has 20 heavy (non-hydrogen) atoms. The lowest BCUT2D eigenvalue weighted by Crippen LogP contribution is -2.65. The minimum absolute atomic E-state index is 0.153. The molecule has 106 valence electrons. The van der Waals surface area contributed by atoms with Crippen molar-refractivity contribution in [3.63, 3.8) is 0 Å². The largest absolute Gasteiger partial charge is 0.315 e. The van der Waals surface area contributed by atoms with E-state index in [2.05, 4.69) is 5.32 Å². The number of carbonyl (C=O) groups excluding carboxylic acids is 3. The number of imide groups is 1. The molecule has 0 unspecified atom stereocenters. The van der Waals surface area contributed by atoms with E-state index in [1.54, 1.807) is 32.0 Å². The number of rotatable bonds is 1.